The first-order valence-electron chi connectivity index (χ1n) is 6.10. The Morgan fingerprint density at radius 2 is 1.48 bits per heavy atom. The zero-order chi connectivity index (χ0) is 15.8. The molecule has 0 aliphatic rings. The van der Waals surface area contributed by atoms with Gasteiger partial charge in [0, 0.05) is 5.92 Å². The molecule has 0 aromatic heterocycles. The van der Waals surface area contributed by atoms with Crippen molar-refractivity contribution in [3.8, 4) is 12.1 Å². The highest BCUT2D eigenvalue weighted by Crippen LogP contribution is 2.33. The molecule has 0 saturated heterocycles. The molecular weight excluding hydrogens is 272 g/mol. The van der Waals surface area contributed by atoms with Gasteiger partial charge in [-0.05, 0) is 5.56 Å². The van der Waals surface area contributed by atoms with Gasteiger partial charge in [0.05, 0.1) is 26.4 Å². The number of nitriles is 2. The molecule has 108 valence electrons. The van der Waals surface area contributed by atoms with E-state index in [0.717, 1.165) is 14.2 Å². The Bertz CT molecular complexity index is 556. The highest BCUT2D eigenvalue weighted by molar-refractivity contribution is 5.96. The quantitative estimate of drug-likeness (QED) is 0.599. The molecule has 0 N–H and O–H groups in total. The van der Waals surface area contributed by atoms with Crippen LogP contribution in [0.1, 0.15) is 11.5 Å². The minimum atomic E-state index is -1.37. The zero-order valence-corrected chi connectivity index (χ0v) is 11.6. The van der Waals surface area contributed by atoms with Crippen LogP contribution < -0.4 is 0 Å². The summed E-state index contributed by atoms with van der Waals surface area (Å²) in [4.78, 5) is 23.8. The maximum atomic E-state index is 11.9. The van der Waals surface area contributed by atoms with E-state index in [9.17, 15) is 9.59 Å². The van der Waals surface area contributed by atoms with Crippen molar-refractivity contribution in [1.29, 1.82) is 10.5 Å². The third-order valence-corrected chi connectivity index (χ3v) is 3.09. The van der Waals surface area contributed by atoms with Crippen LogP contribution in [0.5, 0.6) is 0 Å². The van der Waals surface area contributed by atoms with E-state index in [-0.39, 0.29) is 0 Å². The zero-order valence-electron chi connectivity index (χ0n) is 11.6. The van der Waals surface area contributed by atoms with Crippen LogP contribution in [0.2, 0.25) is 0 Å². The van der Waals surface area contributed by atoms with Crippen LogP contribution in [0.3, 0.4) is 0 Å². The monoisotopic (exact) mass is 286 g/mol. The van der Waals surface area contributed by atoms with Gasteiger partial charge in [-0.3, -0.25) is 9.59 Å². The molecule has 0 bridgehead atoms. The number of esters is 2. The number of hydrogen-bond acceptors (Lipinski definition) is 6. The molecule has 1 aromatic carbocycles. The third-order valence-electron chi connectivity index (χ3n) is 3.09. The van der Waals surface area contributed by atoms with E-state index >= 15 is 0 Å². The van der Waals surface area contributed by atoms with Gasteiger partial charge in [-0.25, -0.2) is 0 Å². The maximum Gasteiger partial charge on any atom is 0.320 e. The van der Waals surface area contributed by atoms with Gasteiger partial charge in [-0.15, -0.1) is 0 Å². The molecule has 21 heavy (non-hydrogen) atoms. The Hall–Kier alpha value is -2.86. The lowest BCUT2D eigenvalue weighted by Crippen LogP contribution is -2.35. The molecule has 0 spiro atoms. The predicted octanol–water partition coefficient (Wildman–Crippen LogP) is 1.40. The molecule has 1 atom stereocenters. The number of benzene rings is 1. The van der Waals surface area contributed by atoms with Crippen molar-refractivity contribution in [2.24, 2.45) is 11.8 Å². The van der Waals surface area contributed by atoms with Gasteiger partial charge in [-0.2, -0.15) is 10.5 Å². The smallest absolute Gasteiger partial charge is 0.320 e. The number of rotatable bonds is 5. The standard InChI is InChI=1S/C15H14N2O4/c1-20-14(18)13(15(19)21-2)12(11(8-16)9-17)10-6-4-3-5-7-10/h3-7,11-13H,1-2H3. The van der Waals surface area contributed by atoms with Gasteiger partial charge in [0.15, 0.2) is 5.92 Å². The van der Waals surface area contributed by atoms with Crippen molar-refractivity contribution >= 4 is 11.9 Å². The fourth-order valence-electron chi connectivity index (χ4n) is 2.09. The van der Waals surface area contributed by atoms with Crippen molar-refractivity contribution in [2.75, 3.05) is 14.2 Å². The Kier molecular flexibility index (Phi) is 5.91. The topological polar surface area (TPSA) is 100 Å². The molecule has 1 unspecified atom stereocenters. The van der Waals surface area contributed by atoms with Crippen LogP contribution in [0.25, 0.3) is 0 Å². The van der Waals surface area contributed by atoms with E-state index in [1.54, 1.807) is 30.3 Å². The first kappa shape index (κ1) is 16.2. The van der Waals surface area contributed by atoms with Gasteiger partial charge >= 0.3 is 11.9 Å². The summed E-state index contributed by atoms with van der Waals surface area (Å²) >= 11 is 0. The Balaban J connectivity index is 3.40. The lowest BCUT2D eigenvalue weighted by Gasteiger charge is -2.24. The highest BCUT2D eigenvalue weighted by Gasteiger charge is 2.42. The second-order valence-corrected chi connectivity index (χ2v) is 4.20. The summed E-state index contributed by atoms with van der Waals surface area (Å²) in [6.07, 6.45) is 0. The average Bonchev–Trinajstić information content (AvgIpc) is 2.54. The lowest BCUT2D eigenvalue weighted by molar-refractivity contribution is -0.160. The molecule has 0 amide bonds. The number of methoxy groups -OCH3 is 2. The van der Waals surface area contributed by atoms with Crippen LogP contribution in [0.4, 0.5) is 0 Å². The summed E-state index contributed by atoms with van der Waals surface area (Å²) in [5.41, 5.74) is 0.520. The molecule has 1 rings (SSSR count). The van der Waals surface area contributed by atoms with Crippen LogP contribution in [0, 0.1) is 34.5 Å². The van der Waals surface area contributed by atoms with E-state index in [1.165, 1.54) is 0 Å². The average molecular weight is 286 g/mol. The number of nitrogens with zero attached hydrogens (tertiary/aromatic N) is 2. The van der Waals surface area contributed by atoms with Gasteiger partial charge < -0.3 is 9.47 Å². The predicted molar refractivity (Wildman–Crippen MR) is 71.4 cm³/mol. The molecular formula is C15H14N2O4. The van der Waals surface area contributed by atoms with Crippen LogP contribution in [-0.4, -0.2) is 26.2 Å². The first-order valence-corrected chi connectivity index (χ1v) is 6.10. The van der Waals surface area contributed by atoms with E-state index < -0.39 is 29.7 Å². The number of carbonyl (C=O) groups excluding carboxylic acids is 2. The maximum absolute atomic E-state index is 11.9. The summed E-state index contributed by atoms with van der Waals surface area (Å²) in [5.74, 6) is -5.19. The molecule has 0 radical (unpaired) electrons. The van der Waals surface area contributed by atoms with Crippen LogP contribution in [-0.2, 0) is 19.1 Å². The summed E-state index contributed by atoms with van der Waals surface area (Å²) in [6.45, 7) is 0. The number of hydrogen-bond donors (Lipinski definition) is 0. The SMILES string of the molecule is COC(=O)C(C(=O)OC)C(c1ccccc1)C(C#N)C#N. The molecule has 0 saturated carbocycles. The van der Waals surface area contributed by atoms with Crippen LogP contribution in [0.15, 0.2) is 30.3 Å². The van der Waals surface area contributed by atoms with E-state index in [1.807, 2.05) is 12.1 Å². The highest BCUT2D eigenvalue weighted by atomic mass is 16.5. The summed E-state index contributed by atoms with van der Waals surface area (Å²) in [6, 6.07) is 12.1. The summed E-state index contributed by atoms with van der Waals surface area (Å²) < 4.78 is 9.24. The van der Waals surface area contributed by atoms with Gasteiger partial charge in [0.25, 0.3) is 0 Å². The lowest BCUT2D eigenvalue weighted by atomic mass is 9.77. The van der Waals surface area contributed by atoms with Crippen molar-refractivity contribution in [1.82, 2.24) is 0 Å². The molecule has 0 heterocycles. The molecule has 6 heteroatoms. The van der Waals surface area contributed by atoms with Crippen molar-refractivity contribution in [3.63, 3.8) is 0 Å². The molecule has 1 aromatic rings. The molecule has 0 fully saturated rings. The van der Waals surface area contributed by atoms with E-state index in [2.05, 4.69) is 9.47 Å². The minimum absolute atomic E-state index is 0.520. The van der Waals surface area contributed by atoms with Crippen molar-refractivity contribution < 1.29 is 19.1 Å². The Labute approximate surface area is 122 Å². The number of carbonyl (C=O) groups is 2. The van der Waals surface area contributed by atoms with E-state index in [0.29, 0.717) is 5.56 Å². The van der Waals surface area contributed by atoms with E-state index in [4.69, 9.17) is 10.5 Å². The Morgan fingerprint density at radius 3 is 1.86 bits per heavy atom. The van der Waals surface area contributed by atoms with Crippen molar-refractivity contribution in [2.45, 2.75) is 5.92 Å². The summed E-state index contributed by atoms with van der Waals surface area (Å²) in [5, 5.41) is 18.3. The van der Waals surface area contributed by atoms with Crippen molar-refractivity contribution in [3.05, 3.63) is 35.9 Å². The van der Waals surface area contributed by atoms with Gasteiger partial charge in [0.1, 0.15) is 5.92 Å². The molecule has 0 aliphatic heterocycles. The fourth-order valence-corrected chi connectivity index (χ4v) is 2.09. The molecule has 0 aliphatic carbocycles. The largest absolute Gasteiger partial charge is 0.468 e. The first-order chi connectivity index (χ1) is 10.1. The normalized spacial score (nSPS) is 11.3. The summed E-state index contributed by atoms with van der Waals surface area (Å²) in [7, 11) is 2.27. The van der Waals surface area contributed by atoms with Gasteiger partial charge in [-0.1, -0.05) is 30.3 Å². The van der Waals surface area contributed by atoms with Crippen LogP contribution >= 0.6 is 0 Å². The second-order valence-electron chi connectivity index (χ2n) is 4.20. The number of ether oxygens (including phenoxy) is 2. The fraction of sp³-hybridized carbons (Fsp3) is 0.333. The Morgan fingerprint density at radius 1 is 1.00 bits per heavy atom. The second kappa shape index (κ2) is 7.66. The third kappa shape index (κ3) is 3.58. The van der Waals surface area contributed by atoms with Gasteiger partial charge in [0.2, 0.25) is 0 Å². The minimum Gasteiger partial charge on any atom is -0.468 e. The molecule has 6 nitrogen and oxygen atoms in total.